The van der Waals surface area contributed by atoms with E-state index in [1.165, 1.54) is 6.07 Å². The van der Waals surface area contributed by atoms with E-state index in [0.717, 1.165) is 12.1 Å². The Labute approximate surface area is 129 Å². The van der Waals surface area contributed by atoms with Gasteiger partial charge in [-0.15, -0.1) is 0 Å². The zero-order valence-electron chi connectivity index (χ0n) is 12.3. The van der Waals surface area contributed by atoms with Crippen molar-refractivity contribution in [2.24, 2.45) is 0 Å². The second-order valence-electron chi connectivity index (χ2n) is 5.02. The quantitative estimate of drug-likeness (QED) is 0.672. The molecule has 7 heteroatoms. The van der Waals surface area contributed by atoms with E-state index in [2.05, 4.69) is 5.32 Å². The summed E-state index contributed by atoms with van der Waals surface area (Å²) in [7, 11) is 0. The van der Waals surface area contributed by atoms with Crippen LogP contribution in [0.3, 0.4) is 0 Å². The van der Waals surface area contributed by atoms with Gasteiger partial charge in [-0.25, -0.2) is 17.6 Å². The Kier molecular flexibility index (Phi) is 4.88. The van der Waals surface area contributed by atoms with Gasteiger partial charge >= 0.3 is 0 Å². The average molecular weight is 327 g/mol. The van der Waals surface area contributed by atoms with Crippen LogP contribution in [-0.2, 0) is 0 Å². The molecule has 0 aliphatic carbocycles. The van der Waals surface area contributed by atoms with Gasteiger partial charge in [-0.2, -0.15) is 0 Å². The predicted molar refractivity (Wildman–Crippen MR) is 76.4 cm³/mol. The molecule has 0 atom stereocenters. The van der Waals surface area contributed by atoms with Crippen molar-refractivity contribution >= 4 is 11.6 Å². The molecule has 23 heavy (non-hydrogen) atoms. The van der Waals surface area contributed by atoms with E-state index in [1.54, 1.807) is 13.8 Å². The number of benzene rings is 2. The number of nitrogens with one attached hydrogen (secondary N) is 1. The fourth-order valence-corrected chi connectivity index (χ4v) is 1.84. The minimum absolute atomic E-state index is 0.00570. The van der Waals surface area contributed by atoms with Gasteiger partial charge in [0, 0.05) is 11.6 Å². The Hall–Kier alpha value is -2.57. The molecule has 0 bridgehead atoms. The van der Waals surface area contributed by atoms with Gasteiger partial charge in [0.25, 0.3) is 5.91 Å². The number of rotatable bonds is 4. The van der Waals surface area contributed by atoms with Crippen molar-refractivity contribution in [1.29, 1.82) is 0 Å². The highest BCUT2D eigenvalue weighted by molar-refractivity contribution is 6.05. The van der Waals surface area contributed by atoms with Gasteiger partial charge in [0.1, 0.15) is 11.6 Å². The summed E-state index contributed by atoms with van der Waals surface area (Å²) in [5, 5.41) is 2.29. The monoisotopic (exact) mass is 327 g/mol. The lowest BCUT2D eigenvalue weighted by atomic mass is 10.2. The van der Waals surface area contributed by atoms with Gasteiger partial charge in [-0.1, -0.05) is 0 Å². The number of ether oxygens (including phenoxy) is 1. The van der Waals surface area contributed by atoms with Gasteiger partial charge in [0.05, 0.1) is 11.8 Å². The molecule has 122 valence electrons. The molecule has 0 saturated heterocycles. The number of anilines is 1. The van der Waals surface area contributed by atoms with Gasteiger partial charge in [0.15, 0.2) is 17.5 Å². The average Bonchev–Trinajstić information content (AvgIpc) is 2.46. The Morgan fingerprint density at radius 2 is 1.65 bits per heavy atom. The molecule has 2 aromatic rings. The third-order valence-electron chi connectivity index (χ3n) is 2.80. The Bertz CT molecular complexity index is 724. The third-order valence-corrected chi connectivity index (χ3v) is 2.80. The van der Waals surface area contributed by atoms with Gasteiger partial charge in [-0.3, -0.25) is 4.79 Å². The summed E-state index contributed by atoms with van der Waals surface area (Å²) < 4.78 is 58.0. The number of halogens is 4. The summed E-state index contributed by atoms with van der Waals surface area (Å²) in [6.07, 6.45) is -0.239. The predicted octanol–water partition coefficient (Wildman–Crippen LogP) is 4.28. The molecule has 0 radical (unpaired) electrons. The summed E-state index contributed by atoms with van der Waals surface area (Å²) in [6, 6.07) is 4.57. The minimum atomic E-state index is -1.67. The van der Waals surface area contributed by atoms with Crippen molar-refractivity contribution in [3.8, 4) is 5.75 Å². The molecule has 1 N–H and O–H groups in total. The number of hydrogen-bond acceptors (Lipinski definition) is 2. The van der Waals surface area contributed by atoms with Crippen LogP contribution in [0.25, 0.3) is 0 Å². The van der Waals surface area contributed by atoms with Crippen molar-refractivity contribution in [3.63, 3.8) is 0 Å². The highest BCUT2D eigenvalue weighted by Crippen LogP contribution is 2.27. The van der Waals surface area contributed by atoms with Crippen LogP contribution in [0.15, 0.2) is 30.3 Å². The molecule has 0 fully saturated rings. The lowest BCUT2D eigenvalue weighted by Gasteiger charge is -2.15. The van der Waals surface area contributed by atoms with Gasteiger partial charge in [-0.05, 0) is 38.1 Å². The fraction of sp³-hybridized carbons (Fsp3) is 0.188. The Morgan fingerprint density at radius 1 is 1.04 bits per heavy atom. The Morgan fingerprint density at radius 3 is 2.22 bits per heavy atom. The highest BCUT2D eigenvalue weighted by Gasteiger charge is 2.17. The molecular formula is C16H13F4NO2. The van der Waals surface area contributed by atoms with E-state index in [0.29, 0.717) is 12.1 Å². The summed E-state index contributed by atoms with van der Waals surface area (Å²) in [6.45, 7) is 3.47. The van der Waals surface area contributed by atoms with Crippen LogP contribution >= 0.6 is 0 Å². The van der Waals surface area contributed by atoms with Crippen LogP contribution in [0.2, 0.25) is 0 Å². The standard InChI is InChI=1S/C16H13F4NO2/c1-8(2)23-14-4-3-10(17)7-13(14)21-16(22)9-5-11(18)15(20)12(19)6-9/h3-8H,1-2H3,(H,21,22). The summed E-state index contributed by atoms with van der Waals surface area (Å²) in [5.41, 5.74) is -0.449. The van der Waals surface area contributed by atoms with Crippen LogP contribution in [0.1, 0.15) is 24.2 Å². The SMILES string of the molecule is CC(C)Oc1ccc(F)cc1NC(=O)c1cc(F)c(F)c(F)c1. The molecule has 0 saturated carbocycles. The second-order valence-corrected chi connectivity index (χ2v) is 5.02. The largest absolute Gasteiger partial charge is 0.489 e. The molecule has 2 aromatic carbocycles. The second kappa shape index (κ2) is 6.68. The molecular weight excluding hydrogens is 314 g/mol. The van der Waals surface area contributed by atoms with E-state index in [4.69, 9.17) is 4.74 Å². The first-order chi connectivity index (χ1) is 10.8. The molecule has 0 heterocycles. The molecule has 0 spiro atoms. The summed E-state index contributed by atoms with van der Waals surface area (Å²) in [5.74, 6) is -6.02. The Balaban J connectivity index is 2.31. The molecule has 0 aliphatic heterocycles. The van der Waals surface area contributed by atoms with Gasteiger partial charge in [0.2, 0.25) is 0 Å². The number of hydrogen-bond donors (Lipinski definition) is 1. The zero-order valence-corrected chi connectivity index (χ0v) is 12.3. The number of carbonyl (C=O) groups excluding carboxylic acids is 1. The molecule has 1 amide bonds. The van der Waals surface area contributed by atoms with Crippen molar-refractivity contribution in [3.05, 3.63) is 59.2 Å². The highest BCUT2D eigenvalue weighted by atomic mass is 19.2. The molecule has 0 aromatic heterocycles. The van der Waals surface area contributed by atoms with Crippen LogP contribution in [0.4, 0.5) is 23.2 Å². The normalized spacial score (nSPS) is 10.7. The minimum Gasteiger partial charge on any atom is -0.489 e. The topological polar surface area (TPSA) is 38.3 Å². The van der Waals surface area contributed by atoms with Crippen molar-refractivity contribution < 1.29 is 27.1 Å². The van der Waals surface area contributed by atoms with E-state index < -0.39 is 34.7 Å². The molecule has 0 aliphatic rings. The van der Waals surface area contributed by atoms with Crippen LogP contribution < -0.4 is 10.1 Å². The van der Waals surface area contributed by atoms with Gasteiger partial charge < -0.3 is 10.1 Å². The summed E-state index contributed by atoms with van der Waals surface area (Å²) in [4.78, 5) is 12.0. The molecule has 0 unspecified atom stereocenters. The molecule has 2 rings (SSSR count). The first-order valence-electron chi connectivity index (χ1n) is 6.70. The van der Waals surface area contributed by atoms with Crippen LogP contribution in [0.5, 0.6) is 5.75 Å². The van der Waals surface area contributed by atoms with Crippen molar-refractivity contribution in [1.82, 2.24) is 0 Å². The maximum absolute atomic E-state index is 13.3. The van der Waals surface area contributed by atoms with Crippen LogP contribution in [0, 0.1) is 23.3 Å². The summed E-state index contributed by atoms with van der Waals surface area (Å²) >= 11 is 0. The van der Waals surface area contributed by atoms with E-state index in [9.17, 15) is 22.4 Å². The first-order valence-corrected chi connectivity index (χ1v) is 6.70. The van der Waals surface area contributed by atoms with E-state index in [1.807, 2.05) is 0 Å². The fourth-order valence-electron chi connectivity index (χ4n) is 1.84. The maximum atomic E-state index is 13.3. The first kappa shape index (κ1) is 16.8. The number of amides is 1. The van der Waals surface area contributed by atoms with Crippen LogP contribution in [-0.4, -0.2) is 12.0 Å². The smallest absolute Gasteiger partial charge is 0.255 e. The molecule has 3 nitrogen and oxygen atoms in total. The lowest BCUT2D eigenvalue weighted by Crippen LogP contribution is -2.15. The van der Waals surface area contributed by atoms with Crippen molar-refractivity contribution in [2.75, 3.05) is 5.32 Å². The third kappa shape index (κ3) is 4.00. The number of carbonyl (C=O) groups is 1. The van der Waals surface area contributed by atoms with E-state index in [-0.39, 0.29) is 17.5 Å². The zero-order chi connectivity index (χ0) is 17.1. The van der Waals surface area contributed by atoms with Crippen molar-refractivity contribution in [2.45, 2.75) is 20.0 Å². The maximum Gasteiger partial charge on any atom is 0.255 e. The lowest BCUT2D eigenvalue weighted by molar-refractivity contribution is 0.102. The van der Waals surface area contributed by atoms with E-state index >= 15 is 0 Å².